The molecule has 0 spiro atoms. The Labute approximate surface area is 110 Å². The molecule has 0 fully saturated rings. The quantitative estimate of drug-likeness (QED) is 0.776. The van der Waals surface area contributed by atoms with Crippen molar-refractivity contribution in [3.63, 3.8) is 0 Å². The van der Waals surface area contributed by atoms with Crippen molar-refractivity contribution >= 4 is 23.1 Å². The Morgan fingerprint density at radius 3 is 2.59 bits per heavy atom. The first kappa shape index (κ1) is 12.5. The van der Waals surface area contributed by atoms with Gasteiger partial charge in [0.15, 0.2) is 9.50 Å². The molecule has 2 rings (SSSR count). The van der Waals surface area contributed by atoms with Gasteiger partial charge in [0.2, 0.25) is 0 Å². The van der Waals surface area contributed by atoms with Gasteiger partial charge in [-0.25, -0.2) is 15.0 Å². The summed E-state index contributed by atoms with van der Waals surface area (Å²) in [6.07, 6.45) is 3.73. The van der Waals surface area contributed by atoms with Crippen LogP contribution in [-0.4, -0.2) is 15.0 Å². The Kier molecular flexibility index (Phi) is 3.49. The van der Waals surface area contributed by atoms with Gasteiger partial charge in [-0.05, 0) is 30.2 Å². The fourth-order valence-electron chi connectivity index (χ4n) is 1.21. The van der Waals surface area contributed by atoms with Crippen LogP contribution < -0.4 is 0 Å². The zero-order valence-electron chi connectivity index (χ0n) is 10.4. The first-order valence-electron chi connectivity index (χ1n) is 5.39. The molecular formula is C12H15N3S2. The number of hydrogen-bond acceptors (Lipinski definition) is 5. The maximum Gasteiger partial charge on any atom is 0.194 e. The maximum atomic E-state index is 4.41. The molecule has 0 aliphatic heterocycles. The third kappa shape index (κ3) is 3.26. The molecule has 0 N–H and O–H groups in total. The smallest absolute Gasteiger partial charge is 0.194 e. The lowest BCUT2D eigenvalue weighted by molar-refractivity contribution is 0.602. The lowest BCUT2D eigenvalue weighted by Gasteiger charge is -2.14. The summed E-state index contributed by atoms with van der Waals surface area (Å²) in [7, 11) is 0. The minimum Gasteiger partial charge on any atom is -0.237 e. The summed E-state index contributed by atoms with van der Waals surface area (Å²) in [5.41, 5.74) is 1.14. The van der Waals surface area contributed by atoms with Crippen molar-refractivity contribution in [2.75, 3.05) is 0 Å². The van der Waals surface area contributed by atoms with Crippen LogP contribution in [0.2, 0.25) is 0 Å². The Balaban J connectivity index is 2.17. The van der Waals surface area contributed by atoms with Gasteiger partial charge in [0.05, 0.1) is 0 Å². The highest BCUT2D eigenvalue weighted by atomic mass is 32.2. The minimum absolute atomic E-state index is 0.157. The maximum absolute atomic E-state index is 4.41. The number of rotatable bonds is 2. The van der Waals surface area contributed by atoms with Gasteiger partial charge in [0, 0.05) is 23.0 Å². The van der Waals surface area contributed by atoms with Crippen molar-refractivity contribution < 1.29 is 0 Å². The van der Waals surface area contributed by atoms with E-state index in [0.29, 0.717) is 0 Å². The zero-order valence-corrected chi connectivity index (χ0v) is 12.0. The Bertz CT molecular complexity index is 514. The highest BCUT2D eigenvalue weighted by molar-refractivity contribution is 8.00. The number of aryl methyl sites for hydroxylation is 1. The van der Waals surface area contributed by atoms with Crippen LogP contribution in [0.3, 0.4) is 0 Å². The van der Waals surface area contributed by atoms with Crippen molar-refractivity contribution in [3.05, 3.63) is 29.0 Å². The summed E-state index contributed by atoms with van der Waals surface area (Å²) in [5, 5.41) is 0.764. The second-order valence-corrected chi connectivity index (χ2v) is 7.07. The average molecular weight is 265 g/mol. The van der Waals surface area contributed by atoms with E-state index in [1.807, 2.05) is 19.2 Å². The Morgan fingerprint density at radius 1 is 1.24 bits per heavy atom. The third-order valence-corrected chi connectivity index (χ3v) is 4.55. The molecule has 0 aliphatic carbocycles. The van der Waals surface area contributed by atoms with Gasteiger partial charge in [-0.15, -0.1) is 11.3 Å². The van der Waals surface area contributed by atoms with Gasteiger partial charge in [0.1, 0.15) is 0 Å². The van der Waals surface area contributed by atoms with E-state index in [0.717, 1.165) is 15.2 Å². The second kappa shape index (κ2) is 4.74. The molecule has 0 aromatic carbocycles. The average Bonchev–Trinajstić information content (AvgIpc) is 2.65. The molecular weight excluding hydrogens is 250 g/mol. The van der Waals surface area contributed by atoms with Crippen molar-refractivity contribution in [1.82, 2.24) is 15.0 Å². The van der Waals surface area contributed by atoms with Crippen molar-refractivity contribution in [2.45, 2.75) is 42.6 Å². The van der Waals surface area contributed by atoms with Crippen LogP contribution in [0.5, 0.6) is 0 Å². The van der Waals surface area contributed by atoms with E-state index in [1.165, 1.54) is 16.6 Å². The fourth-order valence-corrected chi connectivity index (χ4v) is 3.13. The summed E-state index contributed by atoms with van der Waals surface area (Å²) in [6, 6.07) is 1.90. The molecule has 0 saturated heterocycles. The molecule has 0 atom stereocenters. The summed E-state index contributed by atoms with van der Waals surface area (Å²) < 4.78 is 1.00. The molecule has 90 valence electrons. The van der Waals surface area contributed by atoms with Gasteiger partial charge >= 0.3 is 0 Å². The van der Waals surface area contributed by atoms with Gasteiger partial charge < -0.3 is 0 Å². The van der Waals surface area contributed by atoms with E-state index >= 15 is 0 Å². The van der Waals surface area contributed by atoms with Crippen LogP contribution >= 0.6 is 23.1 Å². The molecule has 2 heterocycles. The fraction of sp³-hybridized carbons (Fsp3) is 0.417. The Morgan fingerprint density at radius 2 is 2.00 bits per heavy atom. The first-order valence-corrected chi connectivity index (χ1v) is 7.02. The SMILES string of the molecule is Cc1ccnc(Sc2ncc(C(C)(C)C)s2)n1. The number of hydrogen-bond donors (Lipinski definition) is 0. The lowest BCUT2D eigenvalue weighted by Crippen LogP contribution is -2.07. The summed E-state index contributed by atoms with van der Waals surface area (Å²) in [6.45, 7) is 8.54. The molecule has 0 radical (unpaired) electrons. The number of aromatic nitrogens is 3. The van der Waals surface area contributed by atoms with E-state index in [-0.39, 0.29) is 5.41 Å². The topological polar surface area (TPSA) is 38.7 Å². The monoisotopic (exact) mass is 265 g/mol. The van der Waals surface area contributed by atoms with Crippen LogP contribution in [0, 0.1) is 6.92 Å². The van der Waals surface area contributed by atoms with Crippen LogP contribution in [0.1, 0.15) is 31.3 Å². The van der Waals surface area contributed by atoms with E-state index < -0.39 is 0 Å². The first-order chi connectivity index (χ1) is 7.95. The van der Waals surface area contributed by atoms with Crippen LogP contribution in [0.25, 0.3) is 0 Å². The van der Waals surface area contributed by atoms with Gasteiger partial charge in [-0.1, -0.05) is 20.8 Å². The molecule has 5 heteroatoms. The predicted octanol–water partition coefficient (Wildman–Crippen LogP) is 3.69. The van der Waals surface area contributed by atoms with Crippen LogP contribution in [-0.2, 0) is 5.41 Å². The molecule has 0 amide bonds. The largest absolute Gasteiger partial charge is 0.237 e. The van der Waals surface area contributed by atoms with Gasteiger partial charge in [0.25, 0.3) is 0 Å². The third-order valence-electron chi connectivity index (χ3n) is 2.17. The zero-order chi connectivity index (χ0) is 12.5. The normalized spacial score (nSPS) is 11.8. The molecule has 0 bridgehead atoms. The van der Waals surface area contributed by atoms with Crippen LogP contribution in [0.4, 0.5) is 0 Å². The van der Waals surface area contributed by atoms with Crippen molar-refractivity contribution in [1.29, 1.82) is 0 Å². The molecule has 3 nitrogen and oxygen atoms in total. The lowest BCUT2D eigenvalue weighted by atomic mass is 9.96. The predicted molar refractivity (Wildman–Crippen MR) is 71.7 cm³/mol. The van der Waals surface area contributed by atoms with E-state index in [2.05, 4.69) is 35.7 Å². The van der Waals surface area contributed by atoms with Crippen LogP contribution in [0.15, 0.2) is 28.0 Å². The van der Waals surface area contributed by atoms with E-state index in [1.54, 1.807) is 17.5 Å². The van der Waals surface area contributed by atoms with Crippen molar-refractivity contribution in [3.8, 4) is 0 Å². The van der Waals surface area contributed by atoms with Crippen molar-refractivity contribution in [2.24, 2.45) is 0 Å². The van der Waals surface area contributed by atoms with E-state index in [9.17, 15) is 0 Å². The standard InChI is InChI=1S/C12H15N3S2/c1-8-5-6-13-10(15-8)17-11-14-7-9(16-11)12(2,3)4/h5-7H,1-4H3. The molecule has 2 aromatic heterocycles. The second-order valence-electron chi connectivity index (χ2n) is 4.82. The summed E-state index contributed by atoms with van der Waals surface area (Å²) in [4.78, 5) is 14.3. The molecule has 0 saturated carbocycles. The molecule has 17 heavy (non-hydrogen) atoms. The van der Waals surface area contributed by atoms with Gasteiger partial charge in [-0.2, -0.15) is 0 Å². The molecule has 2 aromatic rings. The highest BCUT2D eigenvalue weighted by Crippen LogP contribution is 2.34. The molecule has 0 aliphatic rings. The van der Waals surface area contributed by atoms with E-state index in [4.69, 9.17) is 0 Å². The Hall–Kier alpha value is -0.940. The number of nitrogens with zero attached hydrogens (tertiary/aromatic N) is 3. The number of thiazole rings is 1. The highest BCUT2D eigenvalue weighted by Gasteiger charge is 2.17. The molecule has 0 unspecified atom stereocenters. The van der Waals surface area contributed by atoms with Gasteiger partial charge in [-0.3, -0.25) is 0 Å². The minimum atomic E-state index is 0.157. The summed E-state index contributed by atoms with van der Waals surface area (Å²) in [5.74, 6) is 0. The summed E-state index contributed by atoms with van der Waals surface area (Å²) >= 11 is 3.24.